The minimum absolute atomic E-state index is 0.141. The van der Waals surface area contributed by atoms with E-state index in [1.807, 2.05) is 32.9 Å². The third-order valence-electron chi connectivity index (χ3n) is 2.22. The van der Waals surface area contributed by atoms with Crippen molar-refractivity contribution in [2.75, 3.05) is 5.33 Å². The average Bonchev–Trinajstić information content (AvgIpc) is 2.21. The quantitative estimate of drug-likeness (QED) is 0.850. The Morgan fingerprint density at radius 1 is 1.50 bits per heavy atom. The van der Waals surface area contributed by atoms with E-state index in [-0.39, 0.29) is 11.4 Å². The molecule has 2 nitrogen and oxygen atoms in total. The SMILES string of the molecule is Cc1cccc(C(=O)NC(C)(C)CBr)c1Cl. The normalized spacial score (nSPS) is 11.3. The molecule has 0 aromatic heterocycles. The van der Waals surface area contributed by atoms with Crippen LogP contribution < -0.4 is 5.32 Å². The number of hydrogen-bond donors (Lipinski definition) is 1. The summed E-state index contributed by atoms with van der Waals surface area (Å²) in [5, 5.41) is 4.13. The molecule has 0 saturated carbocycles. The van der Waals surface area contributed by atoms with Gasteiger partial charge in [0, 0.05) is 10.9 Å². The van der Waals surface area contributed by atoms with Crippen LogP contribution in [0.15, 0.2) is 18.2 Å². The van der Waals surface area contributed by atoms with Crippen LogP contribution in [0.1, 0.15) is 29.8 Å². The van der Waals surface area contributed by atoms with E-state index in [0.717, 1.165) is 5.56 Å². The molecule has 0 spiro atoms. The lowest BCUT2D eigenvalue weighted by molar-refractivity contribution is 0.0921. The van der Waals surface area contributed by atoms with Crippen LogP contribution in [0.5, 0.6) is 0 Å². The average molecular weight is 305 g/mol. The van der Waals surface area contributed by atoms with Gasteiger partial charge in [0.1, 0.15) is 0 Å². The first kappa shape index (κ1) is 13.5. The van der Waals surface area contributed by atoms with Crippen molar-refractivity contribution in [3.05, 3.63) is 34.3 Å². The van der Waals surface area contributed by atoms with Crippen LogP contribution in [0.3, 0.4) is 0 Å². The number of carbonyl (C=O) groups is 1. The first-order valence-electron chi connectivity index (χ1n) is 5.01. The van der Waals surface area contributed by atoms with Crippen molar-refractivity contribution in [2.45, 2.75) is 26.3 Å². The highest BCUT2D eigenvalue weighted by Crippen LogP contribution is 2.21. The van der Waals surface area contributed by atoms with E-state index in [1.165, 1.54) is 0 Å². The largest absolute Gasteiger partial charge is 0.346 e. The maximum atomic E-state index is 12.0. The second-order valence-corrected chi connectivity index (χ2v) is 5.35. The monoisotopic (exact) mass is 303 g/mol. The zero-order valence-electron chi connectivity index (χ0n) is 9.60. The van der Waals surface area contributed by atoms with Gasteiger partial charge in [-0.2, -0.15) is 0 Å². The molecule has 0 fully saturated rings. The fourth-order valence-corrected chi connectivity index (χ4v) is 1.58. The number of halogens is 2. The molecule has 1 aromatic carbocycles. The number of benzene rings is 1. The first-order valence-corrected chi connectivity index (χ1v) is 6.51. The highest BCUT2D eigenvalue weighted by molar-refractivity contribution is 9.09. The summed E-state index contributed by atoms with van der Waals surface area (Å²) >= 11 is 9.44. The lowest BCUT2D eigenvalue weighted by Crippen LogP contribution is -2.44. The van der Waals surface area contributed by atoms with Crippen molar-refractivity contribution in [1.29, 1.82) is 0 Å². The summed E-state index contributed by atoms with van der Waals surface area (Å²) < 4.78 is 0. The molecular formula is C12H15BrClNO. The van der Waals surface area contributed by atoms with Gasteiger partial charge in [-0.1, -0.05) is 39.7 Å². The van der Waals surface area contributed by atoms with Crippen LogP contribution in [-0.4, -0.2) is 16.8 Å². The summed E-state index contributed by atoms with van der Waals surface area (Å²) in [7, 11) is 0. The molecule has 0 unspecified atom stereocenters. The number of aryl methyl sites for hydroxylation is 1. The molecule has 1 amide bonds. The first-order chi connectivity index (χ1) is 7.37. The van der Waals surface area contributed by atoms with Crippen molar-refractivity contribution < 1.29 is 4.79 Å². The molecule has 88 valence electrons. The smallest absolute Gasteiger partial charge is 0.253 e. The Kier molecular flexibility index (Phi) is 4.39. The topological polar surface area (TPSA) is 29.1 Å². The van der Waals surface area contributed by atoms with Crippen LogP contribution >= 0.6 is 27.5 Å². The predicted octanol–water partition coefficient (Wildman–Crippen LogP) is 3.55. The van der Waals surface area contributed by atoms with Crippen molar-refractivity contribution in [3.8, 4) is 0 Å². The summed E-state index contributed by atoms with van der Waals surface area (Å²) in [4.78, 5) is 12.0. The summed E-state index contributed by atoms with van der Waals surface area (Å²) in [6, 6.07) is 5.45. The third-order valence-corrected chi connectivity index (χ3v) is 4.13. The van der Waals surface area contributed by atoms with Crippen molar-refractivity contribution >= 4 is 33.4 Å². The molecule has 0 aliphatic heterocycles. The van der Waals surface area contributed by atoms with E-state index in [1.54, 1.807) is 6.07 Å². The van der Waals surface area contributed by atoms with Crippen LogP contribution in [0.4, 0.5) is 0 Å². The Labute approximate surface area is 110 Å². The van der Waals surface area contributed by atoms with E-state index in [2.05, 4.69) is 21.2 Å². The highest BCUT2D eigenvalue weighted by Gasteiger charge is 2.21. The molecule has 0 aliphatic carbocycles. The molecule has 0 heterocycles. The molecule has 16 heavy (non-hydrogen) atoms. The van der Waals surface area contributed by atoms with Gasteiger partial charge in [-0.25, -0.2) is 0 Å². The molecular weight excluding hydrogens is 289 g/mol. The van der Waals surface area contributed by atoms with Crippen LogP contribution in [0.2, 0.25) is 5.02 Å². The molecule has 1 N–H and O–H groups in total. The number of alkyl halides is 1. The molecule has 0 radical (unpaired) electrons. The maximum absolute atomic E-state index is 12.0. The van der Waals surface area contributed by atoms with E-state index >= 15 is 0 Å². The van der Waals surface area contributed by atoms with Gasteiger partial charge in [-0.05, 0) is 32.4 Å². The van der Waals surface area contributed by atoms with Crippen molar-refractivity contribution in [2.24, 2.45) is 0 Å². The lowest BCUT2D eigenvalue weighted by atomic mass is 10.1. The van der Waals surface area contributed by atoms with Crippen molar-refractivity contribution in [3.63, 3.8) is 0 Å². The zero-order chi connectivity index (χ0) is 12.3. The van der Waals surface area contributed by atoms with E-state index in [0.29, 0.717) is 15.9 Å². The van der Waals surface area contributed by atoms with Gasteiger partial charge in [0.2, 0.25) is 0 Å². The number of hydrogen-bond acceptors (Lipinski definition) is 1. The van der Waals surface area contributed by atoms with Gasteiger partial charge in [0.25, 0.3) is 5.91 Å². The molecule has 1 rings (SSSR count). The highest BCUT2D eigenvalue weighted by atomic mass is 79.9. The number of nitrogens with one attached hydrogen (secondary N) is 1. The lowest BCUT2D eigenvalue weighted by Gasteiger charge is -2.23. The summed E-state index contributed by atoms with van der Waals surface area (Å²) in [6.07, 6.45) is 0. The standard InChI is InChI=1S/C12H15BrClNO/c1-8-5-4-6-9(10(8)14)11(16)15-12(2,3)7-13/h4-6H,7H2,1-3H3,(H,15,16). The Morgan fingerprint density at radius 3 is 2.69 bits per heavy atom. The Morgan fingerprint density at radius 2 is 2.12 bits per heavy atom. The van der Waals surface area contributed by atoms with Crippen molar-refractivity contribution in [1.82, 2.24) is 5.32 Å². The van der Waals surface area contributed by atoms with Gasteiger partial charge in [-0.3, -0.25) is 4.79 Å². The number of rotatable bonds is 3. The Balaban J connectivity index is 2.94. The summed E-state index contributed by atoms with van der Waals surface area (Å²) in [5.74, 6) is -0.141. The predicted molar refractivity (Wildman–Crippen MR) is 71.5 cm³/mol. The third kappa shape index (κ3) is 3.22. The fourth-order valence-electron chi connectivity index (χ4n) is 1.23. The van der Waals surface area contributed by atoms with Crippen LogP contribution in [0, 0.1) is 6.92 Å². The Bertz CT molecular complexity index is 404. The molecule has 0 bridgehead atoms. The summed E-state index contributed by atoms with van der Waals surface area (Å²) in [6.45, 7) is 5.78. The second kappa shape index (κ2) is 5.19. The van der Waals surface area contributed by atoms with Gasteiger partial charge < -0.3 is 5.32 Å². The molecule has 0 aliphatic rings. The van der Waals surface area contributed by atoms with E-state index < -0.39 is 0 Å². The Hall–Kier alpha value is -0.540. The minimum atomic E-state index is -0.288. The van der Waals surface area contributed by atoms with Gasteiger partial charge in [0.15, 0.2) is 0 Å². The minimum Gasteiger partial charge on any atom is -0.346 e. The van der Waals surface area contributed by atoms with Crippen LogP contribution in [-0.2, 0) is 0 Å². The summed E-state index contributed by atoms with van der Waals surface area (Å²) in [5.41, 5.74) is 1.14. The van der Waals surface area contributed by atoms with Gasteiger partial charge in [0.05, 0.1) is 10.6 Å². The molecule has 4 heteroatoms. The molecule has 1 aromatic rings. The zero-order valence-corrected chi connectivity index (χ0v) is 11.9. The van der Waals surface area contributed by atoms with E-state index in [9.17, 15) is 4.79 Å². The van der Waals surface area contributed by atoms with Gasteiger partial charge in [-0.15, -0.1) is 0 Å². The van der Waals surface area contributed by atoms with E-state index in [4.69, 9.17) is 11.6 Å². The number of amides is 1. The maximum Gasteiger partial charge on any atom is 0.253 e. The number of carbonyl (C=O) groups excluding carboxylic acids is 1. The molecule has 0 atom stereocenters. The second-order valence-electron chi connectivity index (χ2n) is 4.41. The van der Waals surface area contributed by atoms with Crippen LogP contribution in [0.25, 0.3) is 0 Å². The fraction of sp³-hybridized carbons (Fsp3) is 0.417. The van der Waals surface area contributed by atoms with Gasteiger partial charge >= 0.3 is 0 Å². The molecule has 0 saturated heterocycles.